The third kappa shape index (κ3) is 7.71. The van der Waals surface area contributed by atoms with Crippen molar-refractivity contribution in [3.63, 3.8) is 0 Å². The van der Waals surface area contributed by atoms with Crippen LogP contribution in [0.1, 0.15) is 71.3 Å². The van der Waals surface area contributed by atoms with Crippen LogP contribution in [0.2, 0.25) is 0 Å². The number of methoxy groups -OCH3 is 1. The number of allylic oxidation sites excluding steroid dienone is 3. The smallest absolute Gasteiger partial charge is 0.351 e. The van der Waals surface area contributed by atoms with Gasteiger partial charge in [0.15, 0.2) is 5.78 Å². The molecule has 7 heteroatoms. The lowest BCUT2D eigenvalue weighted by atomic mass is 9.99. The molecule has 176 valence electrons. The Labute approximate surface area is 197 Å². The molecule has 0 saturated heterocycles. The molecule has 0 fully saturated rings. The van der Waals surface area contributed by atoms with Crippen LogP contribution in [0.25, 0.3) is 6.08 Å². The Hall–Kier alpha value is -3.19. The highest BCUT2D eigenvalue weighted by Gasteiger charge is 2.22. The van der Waals surface area contributed by atoms with Gasteiger partial charge in [0.25, 0.3) is 0 Å². The number of carbonyl (C=O) groups excluding carboxylic acids is 2. The van der Waals surface area contributed by atoms with E-state index >= 15 is 0 Å². The number of hydrogen-bond donors (Lipinski definition) is 1. The summed E-state index contributed by atoms with van der Waals surface area (Å²) in [7, 11) is 1.34. The second kappa shape index (κ2) is 12.7. The fourth-order valence-electron chi connectivity index (χ4n) is 3.15. The molecule has 1 atom stereocenters. The number of ketones is 1. The quantitative estimate of drug-likeness (QED) is 0.182. The van der Waals surface area contributed by atoms with Gasteiger partial charge in [-0.3, -0.25) is 9.59 Å². The van der Waals surface area contributed by atoms with Gasteiger partial charge in [-0.15, -0.1) is 17.9 Å². The van der Waals surface area contributed by atoms with E-state index < -0.39 is 11.4 Å². The van der Waals surface area contributed by atoms with Crippen molar-refractivity contribution in [2.75, 3.05) is 7.11 Å². The second-order valence-corrected chi connectivity index (χ2v) is 8.91. The number of rotatable bonds is 12. The SMILES string of the molecule is C=CCCc1ccc(C=C(C)C(=O)c2c(O)cc(C(C)CCC=CCC(=O)OC)oc2=O)s1. The summed E-state index contributed by atoms with van der Waals surface area (Å²) in [6.07, 6.45) is 10.4. The van der Waals surface area contributed by atoms with Crippen LogP contribution >= 0.6 is 11.3 Å². The van der Waals surface area contributed by atoms with E-state index in [4.69, 9.17) is 4.42 Å². The predicted molar refractivity (Wildman–Crippen MR) is 131 cm³/mol. The van der Waals surface area contributed by atoms with Crippen LogP contribution in [-0.2, 0) is 16.0 Å². The van der Waals surface area contributed by atoms with E-state index in [1.165, 1.54) is 18.1 Å². The molecule has 0 aliphatic carbocycles. The number of hydrogen-bond acceptors (Lipinski definition) is 7. The molecule has 2 rings (SSSR count). The number of Topliss-reactive ketones (excluding diaryl/α,β-unsaturated/α-hetero) is 1. The lowest BCUT2D eigenvalue weighted by Gasteiger charge is -2.11. The van der Waals surface area contributed by atoms with Gasteiger partial charge in [0, 0.05) is 21.7 Å². The van der Waals surface area contributed by atoms with Crippen LogP contribution in [0, 0.1) is 0 Å². The number of carbonyl (C=O) groups is 2. The van der Waals surface area contributed by atoms with Gasteiger partial charge in [0.1, 0.15) is 17.1 Å². The number of esters is 1. The Morgan fingerprint density at radius 2 is 2.03 bits per heavy atom. The fraction of sp³-hybridized carbons (Fsp3) is 0.346. The summed E-state index contributed by atoms with van der Waals surface area (Å²) in [4.78, 5) is 38.5. The highest BCUT2D eigenvalue weighted by Crippen LogP contribution is 2.27. The molecule has 0 spiro atoms. The molecular weight excluding hydrogens is 440 g/mol. The first-order valence-corrected chi connectivity index (χ1v) is 11.6. The number of thiophene rings is 1. The van der Waals surface area contributed by atoms with Crippen molar-refractivity contribution < 1.29 is 23.8 Å². The van der Waals surface area contributed by atoms with Crippen molar-refractivity contribution in [3.05, 3.63) is 80.1 Å². The molecule has 2 aromatic rings. The summed E-state index contributed by atoms with van der Waals surface area (Å²) in [5.74, 6) is -1.11. The van der Waals surface area contributed by atoms with Crippen molar-refractivity contribution >= 4 is 29.2 Å². The van der Waals surface area contributed by atoms with Crippen molar-refractivity contribution in [1.82, 2.24) is 0 Å². The number of aromatic hydroxyl groups is 1. The van der Waals surface area contributed by atoms with E-state index in [-0.39, 0.29) is 29.6 Å². The van der Waals surface area contributed by atoms with Gasteiger partial charge >= 0.3 is 11.6 Å². The van der Waals surface area contributed by atoms with E-state index in [1.54, 1.807) is 30.4 Å². The maximum absolute atomic E-state index is 12.8. The third-order valence-electron chi connectivity index (χ3n) is 5.10. The number of ether oxygens (including phenoxy) is 1. The van der Waals surface area contributed by atoms with Crippen LogP contribution in [0.3, 0.4) is 0 Å². The molecule has 0 aromatic carbocycles. The van der Waals surface area contributed by atoms with Crippen molar-refractivity contribution in [2.24, 2.45) is 0 Å². The summed E-state index contributed by atoms with van der Waals surface area (Å²) in [6.45, 7) is 7.19. The highest BCUT2D eigenvalue weighted by atomic mass is 32.1. The third-order valence-corrected chi connectivity index (χ3v) is 6.19. The fourth-order valence-corrected chi connectivity index (χ4v) is 4.18. The zero-order valence-corrected chi connectivity index (χ0v) is 20.1. The standard InChI is InChI=1S/C26H30O6S/c1-5-6-11-19-13-14-20(33-19)15-18(3)25(29)24-21(27)16-22(32-26(24)30)17(2)10-8-7-9-12-23(28)31-4/h5,7,9,13-17,27H,1,6,8,10-12H2,2-4H3. The molecule has 1 N–H and O–H groups in total. The van der Waals surface area contributed by atoms with E-state index in [0.717, 1.165) is 17.7 Å². The van der Waals surface area contributed by atoms with Crippen LogP contribution in [-0.4, -0.2) is 24.0 Å². The monoisotopic (exact) mass is 470 g/mol. The van der Waals surface area contributed by atoms with Gasteiger partial charge < -0.3 is 14.3 Å². The van der Waals surface area contributed by atoms with Crippen molar-refractivity contribution in [1.29, 1.82) is 0 Å². The Morgan fingerprint density at radius 3 is 2.70 bits per heavy atom. The van der Waals surface area contributed by atoms with Gasteiger partial charge in [-0.2, -0.15) is 0 Å². The molecule has 2 aromatic heterocycles. The molecular formula is C26H30O6S. The zero-order chi connectivity index (χ0) is 24.4. The topological polar surface area (TPSA) is 93.8 Å². The van der Waals surface area contributed by atoms with Gasteiger partial charge in [0.2, 0.25) is 0 Å². The largest absolute Gasteiger partial charge is 0.507 e. The van der Waals surface area contributed by atoms with Crippen LogP contribution in [0.15, 0.2) is 57.8 Å². The Bertz CT molecular complexity index is 1100. The Kier molecular flexibility index (Phi) is 10.1. The average molecular weight is 471 g/mol. The summed E-state index contributed by atoms with van der Waals surface area (Å²) in [6, 6.07) is 5.26. The van der Waals surface area contributed by atoms with Gasteiger partial charge in [-0.1, -0.05) is 25.2 Å². The van der Waals surface area contributed by atoms with E-state index in [0.29, 0.717) is 24.2 Å². The molecule has 0 aliphatic rings. The van der Waals surface area contributed by atoms with E-state index in [2.05, 4.69) is 11.3 Å². The first-order chi connectivity index (χ1) is 15.8. The normalized spacial score (nSPS) is 12.6. The molecule has 33 heavy (non-hydrogen) atoms. The van der Waals surface area contributed by atoms with Gasteiger partial charge in [-0.25, -0.2) is 4.79 Å². The van der Waals surface area contributed by atoms with Crippen molar-refractivity contribution in [3.8, 4) is 5.75 Å². The Morgan fingerprint density at radius 1 is 1.27 bits per heavy atom. The zero-order valence-electron chi connectivity index (χ0n) is 19.3. The summed E-state index contributed by atoms with van der Waals surface area (Å²) < 4.78 is 9.93. The first-order valence-electron chi connectivity index (χ1n) is 10.8. The molecule has 0 bridgehead atoms. The molecule has 0 radical (unpaired) electrons. The van der Waals surface area contributed by atoms with Crippen molar-refractivity contribution in [2.45, 2.75) is 51.9 Å². The summed E-state index contributed by atoms with van der Waals surface area (Å²) in [5, 5.41) is 10.4. The minimum Gasteiger partial charge on any atom is -0.507 e. The maximum atomic E-state index is 12.8. The molecule has 1 unspecified atom stereocenters. The molecule has 0 saturated carbocycles. The van der Waals surface area contributed by atoms with E-state index in [9.17, 15) is 19.5 Å². The minimum absolute atomic E-state index is 0.160. The predicted octanol–water partition coefficient (Wildman–Crippen LogP) is 5.81. The lowest BCUT2D eigenvalue weighted by Crippen LogP contribution is -2.16. The van der Waals surface area contributed by atoms with Crippen LogP contribution in [0.5, 0.6) is 5.75 Å². The second-order valence-electron chi connectivity index (χ2n) is 7.71. The van der Waals surface area contributed by atoms with Crippen LogP contribution in [0.4, 0.5) is 0 Å². The Balaban J connectivity index is 2.09. The molecule has 2 heterocycles. The van der Waals surface area contributed by atoms with Crippen LogP contribution < -0.4 is 5.63 Å². The number of aryl methyl sites for hydroxylation is 1. The highest BCUT2D eigenvalue weighted by molar-refractivity contribution is 7.12. The van der Waals surface area contributed by atoms with Gasteiger partial charge in [0.05, 0.1) is 13.5 Å². The average Bonchev–Trinajstić information content (AvgIpc) is 3.23. The molecule has 0 amide bonds. The lowest BCUT2D eigenvalue weighted by molar-refractivity contribution is -0.139. The first kappa shape index (κ1) is 26.1. The van der Waals surface area contributed by atoms with Gasteiger partial charge in [-0.05, 0) is 56.4 Å². The summed E-state index contributed by atoms with van der Waals surface area (Å²) in [5.41, 5.74) is -0.874. The molecule has 0 aliphatic heterocycles. The molecule has 6 nitrogen and oxygen atoms in total. The van der Waals surface area contributed by atoms with E-state index in [1.807, 2.05) is 31.2 Å². The summed E-state index contributed by atoms with van der Waals surface area (Å²) >= 11 is 1.57. The minimum atomic E-state index is -0.853. The maximum Gasteiger partial charge on any atom is 0.351 e.